The number of carbonyl (C=O) groups excluding carboxylic acids is 2. The number of aliphatic hydroxyl groups excluding tert-OH is 1. The van der Waals surface area contributed by atoms with Crippen LogP contribution in [0, 0.1) is 5.92 Å². The molecule has 2 atom stereocenters. The molecule has 1 heterocycles. The zero-order chi connectivity index (χ0) is 15.5. The van der Waals surface area contributed by atoms with Crippen LogP contribution < -0.4 is 10.6 Å². The highest BCUT2D eigenvalue weighted by atomic mass is 16.3. The fourth-order valence-corrected chi connectivity index (χ4v) is 2.58. The maximum absolute atomic E-state index is 12.2. The minimum Gasteiger partial charge on any atom is -0.390 e. The van der Waals surface area contributed by atoms with Gasteiger partial charge in [-0.3, -0.25) is 9.59 Å². The van der Waals surface area contributed by atoms with Crippen LogP contribution in [0.1, 0.15) is 32.3 Å². The standard InChI is InChI=1S/C14H16N2O3.C2H6/c17-10-8-15-12(18)11(10)13(19)16-14(6-7-14)9-4-2-1-3-5-9;1-2/h1-5,10-11,17H,6-8H2,(H,15,18)(H,16,19);1-2H3. The summed E-state index contributed by atoms with van der Waals surface area (Å²) in [5.74, 6) is -1.76. The smallest absolute Gasteiger partial charge is 0.236 e. The molecular formula is C16H22N2O3. The van der Waals surface area contributed by atoms with Crippen LogP contribution in [0.2, 0.25) is 0 Å². The van der Waals surface area contributed by atoms with Gasteiger partial charge in [-0.2, -0.15) is 0 Å². The minimum atomic E-state index is -0.985. The predicted molar refractivity (Wildman–Crippen MR) is 79.4 cm³/mol. The third kappa shape index (κ3) is 3.08. The van der Waals surface area contributed by atoms with Gasteiger partial charge in [0.15, 0.2) is 0 Å². The van der Waals surface area contributed by atoms with Gasteiger partial charge < -0.3 is 15.7 Å². The van der Waals surface area contributed by atoms with Crippen LogP contribution in [0.25, 0.3) is 0 Å². The summed E-state index contributed by atoms with van der Waals surface area (Å²) in [6, 6.07) is 9.73. The average molecular weight is 290 g/mol. The normalized spacial score (nSPS) is 25.4. The maximum Gasteiger partial charge on any atom is 0.236 e. The first kappa shape index (κ1) is 15.5. The second-order valence-electron chi connectivity index (χ2n) is 5.23. The van der Waals surface area contributed by atoms with Gasteiger partial charge in [0.05, 0.1) is 11.6 Å². The topological polar surface area (TPSA) is 78.4 Å². The lowest BCUT2D eigenvalue weighted by atomic mass is 10.0. The molecule has 2 aliphatic rings. The Balaban J connectivity index is 0.000000774. The minimum absolute atomic E-state index is 0.148. The summed E-state index contributed by atoms with van der Waals surface area (Å²) in [7, 11) is 0. The molecule has 2 amide bonds. The van der Waals surface area contributed by atoms with Gasteiger partial charge in [0, 0.05) is 6.54 Å². The average Bonchev–Trinajstić information content (AvgIpc) is 3.21. The Morgan fingerprint density at radius 3 is 2.38 bits per heavy atom. The molecular weight excluding hydrogens is 268 g/mol. The number of hydrogen-bond acceptors (Lipinski definition) is 3. The van der Waals surface area contributed by atoms with E-state index in [1.165, 1.54) is 0 Å². The van der Waals surface area contributed by atoms with Gasteiger partial charge in [0.25, 0.3) is 0 Å². The van der Waals surface area contributed by atoms with E-state index in [0.717, 1.165) is 18.4 Å². The van der Waals surface area contributed by atoms with Gasteiger partial charge in [-0.15, -0.1) is 0 Å². The zero-order valence-corrected chi connectivity index (χ0v) is 12.4. The third-order valence-corrected chi connectivity index (χ3v) is 3.87. The summed E-state index contributed by atoms with van der Waals surface area (Å²) in [6.45, 7) is 4.15. The summed E-state index contributed by atoms with van der Waals surface area (Å²) in [4.78, 5) is 23.7. The van der Waals surface area contributed by atoms with E-state index >= 15 is 0 Å². The van der Waals surface area contributed by atoms with Crippen molar-refractivity contribution < 1.29 is 14.7 Å². The first-order chi connectivity index (χ1) is 10.1. The number of hydrogen-bond donors (Lipinski definition) is 3. The summed E-state index contributed by atoms with van der Waals surface area (Å²) in [6.07, 6.45) is 0.805. The number of amides is 2. The predicted octanol–water partition coefficient (Wildman–Crippen LogP) is 0.925. The van der Waals surface area contributed by atoms with Crippen molar-refractivity contribution in [1.82, 2.24) is 10.6 Å². The lowest BCUT2D eigenvalue weighted by Crippen LogP contribution is -2.44. The highest BCUT2D eigenvalue weighted by Gasteiger charge is 2.49. The summed E-state index contributed by atoms with van der Waals surface area (Å²) >= 11 is 0. The van der Waals surface area contributed by atoms with Crippen LogP contribution in [0.4, 0.5) is 0 Å². The number of carbonyl (C=O) groups is 2. The van der Waals surface area contributed by atoms with E-state index < -0.39 is 17.9 Å². The first-order valence-electron chi connectivity index (χ1n) is 7.46. The van der Waals surface area contributed by atoms with E-state index in [-0.39, 0.29) is 18.0 Å². The summed E-state index contributed by atoms with van der Waals surface area (Å²) < 4.78 is 0. The number of β-amino-alcohol motifs (C(OH)–C–C–N with tert-alkyl or cyclic N) is 1. The van der Waals surface area contributed by atoms with Crippen molar-refractivity contribution >= 4 is 11.8 Å². The second-order valence-corrected chi connectivity index (χ2v) is 5.23. The van der Waals surface area contributed by atoms with E-state index in [0.29, 0.717) is 0 Å². The largest absolute Gasteiger partial charge is 0.390 e. The second kappa shape index (κ2) is 6.26. The van der Waals surface area contributed by atoms with E-state index in [1.807, 2.05) is 44.2 Å². The number of rotatable bonds is 3. The highest BCUT2D eigenvalue weighted by Crippen LogP contribution is 2.45. The van der Waals surface area contributed by atoms with Crippen molar-refractivity contribution in [3.8, 4) is 0 Å². The molecule has 2 unspecified atom stereocenters. The lowest BCUT2D eigenvalue weighted by Gasteiger charge is -2.20. The quantitative estimate of drug-likeness (QED) is 0.725. The number of nitrogens with one attached hydrogen (secondary N) is 2. The Bertz CT molecular complexity index is 512. The molecule has 1 saturated carbocycles. The van der Waals surface area contributed by atoms with Crippen molar-refractivity contribution in [3.63, 3.8) is 0 Å². The summed E-state index contributed by atoms with van der Waals surface area (Å²) in [5, 5.41) is 15.1. The molecule has 0 bridgehead atoms. The van der Waals surface area contributed by atoms with Crippen LogP contribution in [-0.4, -0.2) is 29.6 Å². The van der Waals surface area contributed by atoms with Crippen molar-refractivity contribution in [2.24, 2.45) is 5.92 Å². The molecule has 5 heteroatoms. The molecule has 1 aliphatic heterocycles. The molecule has 114 valence electrons. The Hall–Kier alpha value is -1.88. The van der Waals surface area contributed by atoms with E-state index in [2.05, 4.69) is 10.6 Å². The molecule has 1 aliphatic carbocycles. The van der Waals surface area contributed by atoms with Crippen molar-refractivity contribution in [3.05, 3.63) is 35.9 Å². The van der Waals surface area contributed by atoms with Gasteiger partial charge in [-0.05, 0) is 18.4 Å². The molecule has 0 spiro atoms. The Morgan fingerprint density at radius 2 is 1.90 bits per heavy atom. The van der Waals surface area contributed by atoms with Gasteiger partial charge in [0.1, 0.15) is 5.92 Å². The molecule has 3 N–H and O–H groups in total. The Kier molecular flexibility index (Phi) is 4.63. The first-order valence-corrected chi connectivity index (χ1v) is 7.46. The van der Waals surface area contributed by atoms with Gasteiger partial charge >= 0.3 is 0 Å². The fourth-order valence-electron chi connectivity index (χ4n) is 2.58. The summed E-state index contributed by atoms with van der Waals surface area (Å²) in [5.41, 5.74) is 0.706. The molecule has 3 rings (SSSR count). The monoisotopic (exact) mass is 290 g/mol. The van der Waals surface area contributed by atoms with E-state index in [9.17, 15) is 14.7 Å². The third-order valence-electron chi connectivity index (χ3n) is 3.87. The van der Waals surface area contributed by atoms with Crippen LogP contribution in [0.3, 0.4) is 0 Å². The van der Waals surface area contributed by atoms with Gasteiger partial charge in [-0.1, -0.05) is 44.2 Å². The van der Waals surface area contributed by atoms with Crippen molar-refractivity contribution in [2.75, 3.05) is 6.54 Å². The van der Waals surface area contributed by atoms with Crippen LogP contribution in [0.5, 0.6) is 0 Å². The van der Waals surface area contributed by atoms with Crippen molar-refractivity contribution in [1.29, 1.82) is 0 Å². The molecule has 21 heavy (non-hydrogen) atoms. The SMILES string of the molecule is CC.O=C1NCC(O)C1C(=O)NC1(c2ccccc2)CC1. The molecule has 0 aromatic heterocycles. The number of aliphatic hydroxyl groups is 1. The molecule has 1 aromatic rings. The van der Waals surface area contributed by atoms with E-state index in [4.69, 9.17) is 0 Å². The van der Waals surface area contributed by atoms with Crippen LogP contribution in [-0.2, 0) is 15.1 Å². The van der Waals surface area contributed by atoms with E-state index in [1.54, 1.807) is 0 Å². The molecule has 1 aromatic carbocycles. The molecule has 0 radical (unpaired) electrons. The van der Waals surface area contributed by atoms with Crippen molar-refractivity contribution in [2.45, 2.75) is 38.3 Å². The highest BCUT2D eigenvalue weighted by molar-refractivity contribution is 6.02. The number of benzene rings is 1. The zero-order valence-electron chi connectivity index (χ0n) is 12.4. The molecule has 5 nitrogen and oxygen atoms in total. The molecule has 2 fully saturated rings. The van der Waals surface area contributed by atoms with Gasteiger partial charge in [-0.25, -0.2) is 0 Å². The van der Waals surface area contributed by atoms with Crippen LogP contribution in [0.15, 0.2) is 30.3 Å². The van der Waals surface area contributed by atoms with Crippen LogP contribution >= 0.6 is 0 Å². The molecule has 1 saturated heterocycles. The lowest BCUT2D eigenvalue weighted by molar-refractivity contribution is -0.136. The Morgan fingerprint density at radius 1 is 1.29 bits per heavy atom. The Labute approximate surface area is 124 Å². The maximum atomic E-state index is 12.2. The fraction of sp³-hybridized carbons (Fsp3) is 0.500. The van der Waals surface area contributed by atoms with Gasteiger partial charge in [0.2, 0.25) is 11.8 Å².